The van der Waals surface area contributed by atoms with Crippen molar-refractivity contribution in [3.63, 3.8) is 0 Å². The fraction of sp³-hybridized carbons (Fsp3) is 0.500. The SMILES string of the molecule is CC(CCCC(=O)O)NC(=O)CCn1ccccc1=O. The number of aliphatic carboxylic acids is 1. The van der Waals surface area contributed by atoms with Gasteiger partial charge in [-0.05, 0) is 25.8 Å². The van der Waals surface area contributed by atoms with Crippen LogP contribution in [-0.4, -0.2) is 27.6 Å². The van der Waals surface area contributed by atoms with Gasteiger partial charge in [0.05, 0.1) is 0 Å². The summed E-state index contributed by atoms with van der Waals surface area (Å²) >= 11 is 0. The van der Waals surface area contributed by atoms with E-state index in [1.54, 1.807) is 18.3 Å². The Morgan fingerprint density at radius 1 is 1.35 bits per heavy atom. The van der Waals surface area contributed by atoms with Crippen molar-refractivity contribution in [2.75, 3.05) is 0 Å². The highest BCUT2D eigenvalue weighted by atomic mass is 16.4. The Kier molecular flexibility index (Phi) is 6.49. The van der Waals surface area contributed by atoms with Crippen LogP contribution >= 0.6 is 0 Å². The molecule has 1 atom stereocenters. The fourth-order valence-electron chi connectivity index (χ4n) is 1.85. The summed E-state index contributed by atoms with van der Waals surface area (Å²) in [5, 5.41) is 11.3. The molecule has 0 aliphatic carbocycles. The van der Waals surface area contributed by atoms with Crippen LogP contribution in [0.3, 0.4) is 0 Å². The van der Waals surface area contributed by atoms with Crippen molar-refractivity contribution in [2.24, 2.45) is 0 Å². The quantitative estimate of drug-likeness (QED) is 0.743. The summed E-state index contributed by atoms with van der Waals surface area (Å²) in [6.45, 7) is 2.18. The van der Waals surface area contributed by atoms with Crippen LogP contribution in [0.25, 0.3) is 0 Å². The van der Waals surface area contributed by atoms with Crippen molar-refractivity contribution >= 4 is 11.9 Å². The Balaban J connectivity index is 2.28. The third-order valence-corrected chi connectivity index (χ3v) is 2.91. The molecule has 0 aromatic carbocycles. The van der Waals surface area contributed by atoms with Gasteiger partial charge in [-0.3, -0.25) is 14.4 Å². The first-order valence-corrected chi connectivity index (χ1v) is 6.65. The third-order valence-electron chi connectivity index (χ3n) is 2.91. The number of hydrogen-bond donors (Lipinski definition) is 2. The Morgan fingerprint density at radius 3 is 2.75 bits per heavy atom. The summed E-state index contributed by atoms with van der Waals surface area (Å²) in [5.74, 6) is -0.962. The van der Waals surface area contributed by atoms with E-state index in [1.807, 2.05) is 6.92 Å². The number of carbonyl (C=O) groups excluding carboxylic acids is 1. The summed E-state index contributed by atoms with van der Waals surface area (Å²) in [5.41, 5.74) is -0.130. The fourth-order valence-corrected chi connectivity index (χ4v) is 1.85. The number of hydrogen-bond acceptors (Lipinski definition) is 3. The molecule has 1 rings (SSSR count). The second-order valence-corrected chi connectivity index (χ2v) is 4.74. The van der Waals surface area contributed by atoms with E-state index >= 15 is 0 Å². The average Bonchev–Trinajstić information content (AvgIpc) is 2.37. The molecule has 0 saturated heterocycles. The molecule has 2 N–H and O–H groups in total. The second kappa shape index (κ2) is 8.14. The second-order valence-electron chi connectivity index (χ2n) is 4.74. The van der Waals surface area contributed by atoms with E-state index in [0.717, 1.165) is 0 Å². The molecule has 1 unspecified atom stereocenters. The van der Waals surface area contributed by atoms with Crippen LogP contribution in [0.1, 0.15) is 32.6 Å². The normalized spacial score (nSPS) is 11.8. The Labute approximate surface area is 117 Å². The van der Waals surface area contributed by atoms with Gasteiger partial charge in [-0.25, -0.2) is 0 Å². The van der Waals surface area contributed by atoms with E-state index < -0.39 is 5.97 Å². The third kappa shape index (κ3) is 6.17. The summed E-state index contributed by atoms with van der Waals surface area (Å²) < 4.78 is 1.48. The van der Waals surface area contributed by atoms with Gasteiger partial charge in [0.1, 0.15) is 0 Å². The molecule has 20 heavy (non-hydrogen) atoms. The zero-order chi connectivity index (χ0) is 15.0. The highest BCUT2D eigenvalue weighted by Crippen LogP contribution is 2.01. The van der Waals surface area contributed by atoms with Crippen molar-refractivity contribution in [2.45, 2.75) is 45.2 Å². The molecule has 1 amide bonds. The lowest BCUT2D eigenvalue weighted by Gasteiger charge is -2.13. The number of carbonyl (C=O) groups is 2. The molecule has 0 fully saturated rings. The number of nitrogens with one attached hydrogen (secondary N) is 1. The van der Waals surface area contributed by atoms with Gasteiger partial charge >= 0.3 is 5.97 Å². The lowest BCUT2D eigenvalue weighted by atomic mass is 10.1. The van der Waals surface area contributed by atoms with Crippen LogP contribution in [-0.2, 0) is 16.1 Å². The first-order chi connectivity index (χ1) is 9.49. The number of aryl methyl sites for hydroxylation is 1. The van der Waals surface area contributed by atoms with E-state index in [0.29, 0.717) is 19.4 Å². The minimum absolute atomic E-state index is 0.0608. The maximum Gasteiger partial charge on any atom is 0.303 e. The van der Waals surface area contributed by atoms with Crippen molar-refractivity contribution < 1.29 is 14.7 Å². The van der Waals surface area contributed by atoms with E-state index in [1.165, 1.54) is 10.6 Å². The first kappa shape index (κ1) is 15.9. The minimum Gasteiger partial charge on any atom is -0.481 e. The topological polar surface area (TPSA) is 88.4 Å². The minimum atomic E-state index is -0.827. The van der Waals surface area contributed by atoms with E-state index in [-0.39, 0.29) is 30.3 Å². The maximum atomic E-state index is 11.7. The van der Waals surface area contributed by atoms with Gasteiger partial charge in [-0.1, -0.05) is 6.07 Å². The number of aromatic nitrogens is 1. The number of rotatable bonds is 8. The number of nitrogens with zero attached hydrogens (tertiary/aromatic N) is 1. The van der Waals surface area contributed by atoms with E-state index in [9.17, 15) is 14.4 Å². The number of carboxylic acids is 1. The molecule has 0 spiro atoms. The van der Waals surface area contributed by atoms with Gasteiger partial charge < -0.3 is 15.0 Å². The van der Waals surface area contributed by atoms with E-state index in [2.05, 4.69) is 5.32 Å². The van der Waals surface area contributed by atoms with Crippen LogP contribution in [0.2, 0.25) is 0 Å². The zero-order valence-electron chi connectivity index (χ0n) is 11.5. The molecule has 0 bridgehead atoms. The lowest BCUT2D eigenvalue weighted by Crippen LogP contribution is -2.33. The molecule has 1 aromatic heterocycles. The molecule has 1 heterocycles. The summed E-state index contributed by atoms with van der Waals surface area (Å²) in [6, 6.07) is 4.79. The Hall–Kier alpha value is -2.11. The Bertz CT molecular complexity index is 510. The maximum absolute atomic E-state index is 11.7. The summed E-state index contributed by atoms with van der Waals surface area (Å²) in [6.07, 6.45) is 3.15. The van der Waals surface area contributed by atoms with Crippen LogP contribution in [0, 0.1) is 0 Å². The van der Waals surface area contributed by atoms with Gasteiger partial charge in [-0.15, -0.1) is 0 Å². The number of pyridine rings is 1. The molecule has 0 aliphatic heterocycles. The molecule has 0 aliphatic rings. The molecular formula is C14H20N2O4. The highest BCUT2D eigenvalue weighted by molar-refractivity contribution is 5.76. The van der Waals surface area contributed by atoms with Crippen molar-refractivity contribution in [3.8, 4) is 0 Å². The summed E-state index contributed by atoms with van der Waals surface area (Å²) in [7, 11) is 0. The predicted octanol–water partition coefficient (Wildman–Crippen LogP) is 0.998. The summed E-state index contributed by atoms with van der Waals surface area (Å²) in [4.78, 5) is 33.5. The number of amides is 1. The van der Waals surface area contributed by atoms with Gasteiger partial charge in [0.15, 0.2) is 0 Å². The van der Waals surface area contributed by atoms with Crippen LogP contribution in [0.15, 0.2) is 29.2 Å². The largest absolute Gasteiger partial charge is 0.481 e. The lowest BCUT2D eigenvalue weighted by molar-refractivity contribution is -0.137. The van der Waals surface area contributed by atoms with Gasteiger partial charge in [-0.2, -0.15) is 0 Å². The number of carboxylic acid groups (broad SMARTS) is 1. The average molecular weight is 280 g/mol. The first-order valence-electron chi connectivity index (χ1n) is 6.65. The van der Waals surface area contributed by atoms with E-state index in [4.69, 9.17) is 5.11 Å². The van der Waals surface area contributed by atoms with Gasteiger partial charge in [0, 0.05) is 37.7 Å². The highest BCUT2D eigenvalue weighted by Gasteiger charge is 2.08. The van der Waals surface area contributed by atoms with Crippen molar-refractivity contribution in [1.82, 2.24) is 9.88 Å². The standard InChI is InChI=1S/C14H20N2O4/c1-11(5-4-7-14(19)20)15-12(17)8-10-16-9-3-2-6-13(16)18/h2-3,6,9,11H,4-5,7-8,10H2,1H3,(H,15,17)(H,19,20). The molecule has 6 nitrogen and oxygen atoms in total. The van der Waals surface area contributed by atoms with Crippen molar-refractivity contribution in [3.05, 3.63) is 34.7 Å². The smallest absolute Gasteiger partial charge is 0.303 e. The molecule has 110 valence electrons. The van der Waals surface area contributed by atoms with Crippen molar-refractivity contribution in [1.29, 1.82) is 0 Å². The molecule has 0 radical (unpaired) electrons. The van der Waals surface area contributed by atoms with Crippen LogP contribution in [0.4, 0.5) is 0 Å². The zero-order valence-corrected chi connectivity index (χ0v) is 11.5. The van der Waals surface area contributed by atoms with Gasteiger partial charge in [0.25, 0.3) is 5.56 Å². The molecular weight excluding hydrogens is 260 g/mol. The van der Waals surface area contributed by atoms with Gasteiger partial charge in [0.2, 0.25) is 5.91 Å². The van der Waals surface area contributed by atoms with Crippen LogP contribution < -0.4 is 10.9 Å². The predicted molar refractivity (Wildman–Crippen MR) is 74.4 cm³/mol. The molecule has 6 heteroatoms. The van der Waals surface area contributed by atoms with Crippen LogP contribution in [0.5, 0.6) is 0 Å². The monoisotopic (exact) mass is 280 g/mol. The Morgan fingerprint density at radius 2 is 2.10 bits per heavy atom. The molecule has 1 aromatic rings. The molecule has 0 saturated carbocycles.